The van der Waals surface area contributed by atoms with Crippen LogP contribution >= 0.6 is 0 Å². The van der Waals surface area contributed by atoms with Crippen LogP contribution in [-0.4, -0.2) is 24.1 Å². The lowest BCUT2D eigenvalue weighted by molar-refractivity contribution is 1.06. The number of nitrogens with zero attached hydrogens (tertiary/aromatic N) is 5. The summed E-state index contributed by atoms with van der Waals surface area (Å²) in [6, 6.07) is 73.6. The first kappa shape index (κ1) is 38.3. The lowest BCUT2D eigenvalue weighted by Gasteiger charge is -2.17. The minimum atomic E-state index is 0.602. The summed E-state index contributed by atoms with van der Waals surface area (Å²) in [7, 11) is 0. The summed E-state index contributed by atoms with van der Waals surface area (Å²) in [5.74, 6) is 1.85. The van der Waals surface area contributed by atoms with Gasteiger partial charge in [0.1, 0.15) is 0 Å². The predicted octanol–water partition coefficient (Wildman–Crippen LogP) is 15.3. The van der Waals surface area contributed by atoms with Crippen molar-refractivity contribution in [3.05, 3.63) is 223 Å². The van der Waals surface area contributed by atoms with Crippen molar-refractivity contribution in [1.82, 2.24) is 24.1 Å². The van der Waals surface area contributed by atoms with E-state index in [0.717, 1.165) is 55.7 Å². The predicted molar refractivity (Wildman–Crippen MR) is 270 cm³/mol. The highest BCUT2D eigenvalue weighted by Gasteiger charge is 2.22. The molecule has 12 aromatic rings. The molecule has 0 unspecified atom stereocenters. The third-order valence-corrected chi connectivity index (χ3v) is 12.8. The highest BCUT2D eigenvalue weighted by molar-refractivity contribution is 6.12. The van der Waals surface area contributed by atoms with Gasteiger partial charge in [-0.1, -0.05) is 151 Å². The van der Waals surface area contributed by atoms with E-state index in [-0.39, 0.29) is 0 Å². The Morgan fingerprint density at radius 2 is 0.769 bits per heavy atom. The standard InChI is InChI=1S/C60H43N5/c1-38-33-39(2)57(40(3)34-38)45-29-32-55-50(37-45)48-24-14-16-26-53(48)65(55)56-31-28-44(43-27-30-54-49(35-43)47-23-13-15-25-52(47)64(54)46-21-11-6-12-22-46)36-51(56)60-62-58(41-17-7-4-8-18-41)61-59(63-60)42-19-9-5-10-20-42/h4-37H,1-3H3. The summed E-state index contributed by atoms with van der Waals surface area (Å²) < 4.78 is 4.76. The fourth-order valence-electron chi connectivity index (χ4n) is 10.0. The molecule has 5 nitrogen and oxygen atoms in total. The molecule has 0 amide bonds. The minimum absolute atomic E-state index is 0.602. The van der Waals surface area contributed by atoms with Crippen molar-refractivity contribution in [2.24, 2.45) is 0 Å². The van der Waals surface area contributed by atoms with Gasteiger partial charge in [0.25, 0.3) is 0 Å². The number of para-hydroxylation sites is 3. The molecule has 0 fully saturated rings. The van der Waals surface area contributed by atoms with Gasteiger partial charge >= 0.3 is 0 Å². The number of rotatable bonds is 7. The summed E-state index contributed by atoms with van der Waals surface area (Å²) in [6.45, 7) is 6.61. The number of aryl methyl sites for hydroxylation is 3. The highest BCUT2D eigenvalue weighted by atomic mass is 15.1. The second-order valence-corrected chi connectivity index (χ2v) is 17.0. The zero-order chi connectivity index (χ0) is 43.6. The normalized spacial score (nSPS) is 11.6. The number of aromatic nitrogens is 5. The zero-order valence-electron chi connectivity index (χ0n) is 36.4. The van der Waals surface area contributed by atoms with Crippen molar-refractivity contribution in [1.29, 1.82) is 0 Å². The molecule has 12 rings (SSSR count). The van der Waals surface area contributed by atoms with E-state index in [4.69, 9.17) is 15.0 Å². The molecule has 0 aliphatic carbocycles. The Bertz CT molecular complexity index is 3710. The molecule has 9 aromatic carbocycles. The van der Waals surface area contributed by atoms with E-state index < -0.39 is 0 Å². The van der Waals surface area contributed by atoms with Crippen LogP contribution in [0.5, 0.6) is 0 Å². The molecule has 0 aliphatic rings. The largest absolute Gasteiger partial charge is 0.309 e. The molecule has 308 valence electrons. The van der Waals surface area contributed by atoms with E-state index in [2.05, 4.69) is 200 Å². The average Bonchev–Trinajstić information content (AvgIpc) is 3.86. The molecule has 0 atom stereocenters. The van der Waals surface area contributed by atoms with Gasteiger partial charge in [-0.25, -0.2) is 15.0 Å². The van der Waals surface area contributed by atoms with Crippen LogP contribution in [0.2, 0.25) is 0 Å². The average molecular weight is 834 g/mol. The Morgan fingerprint density at radius 1 is 0.323 bits per heavy atom. The second-order valence-electron chi connectivity index (χ2n) is 17.0. The summed E-state index contributed by atoms with van der Waals surface area (Å²) >= 11 is 0. The van der Waals surface area contributed by atoms with Crippen LogP contribution in [0.25, 0.3) is 111 Å². The Hall–Kier alpha value is -8.41. The van der Waals surface area contributed by atoms with E-state index in [1.807, 2.05) is 36.4 Å². The van der Waals surface area contributed by atoms with Crippen LogP contribution in [0.15, 0.2) is 206 Å². The Morgan fingerprint density at radius 3 is 1.38 bits per heavy atom. The molecule has 0 spiro atoms. The molecule has 0 radical (unpaired) electrons. The van der Waals surface area contributed by atoms with Crippen LogP contribution in [0.4, 0.5) is 0 Å². The van der Waals surface area contributed by atoms with Gasteiger partial charge in [0.15, 0.2) is 17.5 Å². The van der Waals surface area contributed by atoms with Crippen molar-refractivity contribution in [3.8, 4) is 67.8 Å². The Labute approximate surface area is 377 Å². The van der Waals surface area contributed by atoms with Crippen LogP contribution < -0.4 is 0 Å². The Balaban J connectivity index is 1.12. The molecule has 3 aromatic heterocycles. The van der Waals surface area contributed by atoms with Gasteiger partial charge in [-0.2, -0.15) is 0 Å². The van der Waals surface area contributed by atoms with Crippen LogP contribution in [0, 0.1) is 20.8 Å². The lowest BCUT2D eigenvalue weighted by atomic mass is 9.93. The van der Waals surface area contributed by atoms with Gasteiger partial charge in [-0.15, -0.1) is 0 Å². The van der Waals surface area contributed by atoms with Crippen molar-refractivity contribution < 1.29 is 0 Å². The van der Waals surface area contributed by atoms with E-state index in [9.17, 15) is 0 Å². The quantitative estimate of drug-likeness (QED) is 0.161. The summed E-state index contributed by atoms with van der Waals surface area (Å²) in [6.07, 6.45) is 0. The van der Waals surface area contributed by atoms with Gasteiger partial charge < -0.3 is 9.13 Å². The van der Waals surface area contributed by atoms with Crippen LogP contribution in [0.3, 0.4) is 0 Å². The number of hydrogen-bond donors (Lipinski definition) is 0. The highest BCUT2D eigenvalue weighted by Crippen LogP contribution is 2.42. The van der Waals surface area contributed by atoms with E-state index in [1.54, 1.807) is 0 Å². The van der Waals surface area contributed by atoms with Gasteiger partial charge in [0.2, 0.25) is 0 Å². The number of fused-ring (bicyclic) bond motifs is 6. The van der Waals surface area contributed by atoms with E-state index >= 15 is 0 Å². The van der Waals surface area contributed by atoms with Gasteiger partial charge in [0, 0.05) is 43.9 Å². The molecule has 0 aliphatic heterocycles. The molecule has 3 heterocycles. The molecule has 0 saturated carbocycles. The summed E-state index contributed by atoms with van der Waals surface area (Å²) in [5.41, 5.74) is 18.0. The van der Waals surface area contributed by atoms with E-state index in [1.165, 1.54) is 54.9 Å². The molecule has 0 bridgehead atoms. The molecular weight excluding hydrogens is 791 g/mol. The maximum atomic E-state index is 5.33. The second kappa shape index (κ2) is 15.4. The van der Waals surface area contributed by atoms with Crippen LogP contribution in [0.1, 0.15) is 16.7 Å². The van der Waals surface area contributed by atoms with Gasteiger partial charge in [-0.05, 0) is 115 Å². The SMILES string of the molecule is Cc1cc(C)c(-c2ccc3c(c2)c2ccccc2n3-c2ccc(-c3ccc4c(c3)c3ccccc3n4-c3ccccc3)cc2-c2nc(-c3ccccc3)nc(-c3ccccc3)n2)c(C)c1. The summed E-state index contributed by atoms with van der Waals surface area (Å²) in [5, 5.41) is 4.79. The van der Waals surface area contributed by atoms with Crippen molar-refractivity contribution in [2.45, 2.75) is 20.8 Å². The minimum Gasteiger partial charge on any atom is -0.309 e. The van der Waals surface area contributed by atoms with Crippen molar-refractivity contribution in [3.63, 3.8) is 0 Å². The van der Waals surface area contributed by atoms with Gasteiger partial charge in [-0.3, -0.25) is 0 Å². The first-order valence-electron chi connectivity index (χ1n) is 22.2. The number of benzene rings is 9. The summed E-state index contributed by atoms with van der Waals surface area (Å²) in [4.78, 5) is 15.8. The molecule has 0 saturated heterocycles. The van der Waals surface area contributed by atoms with Crippen LogP contribution in [-0.2, 0) is 0 Å². The molecule has 65 heavy (non-hydrogen) atoms. The van der Waals surface area contributed by atoms with E-state index in [0.29, 0.717) is 17.5 Å². The number of hydrogen-bond acceptors (Lipinski definition) is 3. The topological polar surface area (TPSA) is 48.5 Å². The third kappa shape index (κ3) is 6.51. The molecular formula is C60H43N5. The first-order valence-corrected chi connectivity index (χ1v) is 22.2. The zero-order valence-corrected chi connectivity index (χ0v) is 36.4. The fraction of sp³-hybridized carbons (Fsp3) is 0.0500. The smallest absolute Gasteiger partial charge is 0.166 e. The monoisotopic (exact) mass is 833 g/mol. The third-order valence-electron chi connectivity index (χ3n) is 12.8. The maximum Gasteiger partial charge on any atom is 0.166 e. The molecule has 0 N–H and O–H groups in total. The lowest BCUT2D eigenvalue weighted by Crippen LogP contribution is -2.04. The maximum absolute atomic E-state index is 5.33. The molecule has 5 heteroatoms. The van der Waals surface area contributed by atoms with Crippen molar-refractivity contribution in [2.75, 3.05) is 0 Å². The fourth-order valence-corrected chi connectivity index (χ4v) is 10.0. The first-order chi connectivity index (χ1) is 32.0. The van der Waals surface area contributed by atoms with Crippen molar-refractivity contribution >= 4 is 43.6 Å². The Kier molecular flexibility index (Phi) is 9.09. The van der Waals surface area contributed by atoms with Gasteiger partial charge in [0.05, 0.1) is 27.8 Å².